The van der Waals surface area contributed by atoms with Crippen LogP contribution in [0.25, 0.3) is 0 Å². The van der Waals surface area contributed by atoms with Crippen LogP contribution in [-0.4, -0.2) is 27.8 Å². The van der Waals surface area contributed by atoms with Crippen LogP contribution in [0.15, 0.2) is 52.5 Å². The maximum atomic E-state index is 12.2. The number of carbonyl (C=O) groups excluding carboxylic acids is 1. The van der Waals surface area contributed by atoms with Crippen LogP contribution >= 0.6 is 0 Å². The highest BCUT2D eigenvalue weighted by Gasteiger charge is 2.13. The Morgan fingerprint density at radius 2 is 1.83 bits per heavy atom. The molecule has 7 nitrogen and oxygen atoms in total. The number of aromatic carboxylic acids is 1. The number of hydrogen-bond acceptors (Lipinski definition) is 4. The first-order valence-corrected chi connectivity index (χ1v) is 7.28. The topological polar surface area (TPSA) is 101 Å². The van der Waals surface area contributed by atoms with Gasteiger partial charge in [0, 0.05) is 17.8 Å². The van der Waals surface area contributed by atoms with Crippen molar-refractivity contribution in [3.63, 3.8) is 0 Å². The van der Waals surface area contributed by atoms with Crippen LogP contribution < -0.4 is 11.0 Å². The minimum Gasteiger partial charge on any atom is -0.478 e. The zero-order valence-electron chi connectivity index (χ0n) is 13.3. The van der Waals surface area contributed by atoms with Gasteiger partial charge in [0.05, 0.1) is 11.8 Å². The molecule has 0 aliphatic rings. The van der Waals surface area contributed by atoms with Crippen LogP contribution in [-0.2, 0) is 0 Å². The van der Waals surface area contributed by atoms with E-state index in [1.54, 1.807) is 30.5 Å². The van der Waals surface area contributed by atoms with Gasteiger partial charge < -0.3 is 9.67 Å². The van der Waals surface area contributed by atoms with Gasteiger partial charge in [-0.25, -0.2) is 10.2 Å². The molecule has 0 spiro atoms. The highest BCUT2D eigenvalue weighted by Crippen LogP contribution is 2.06. The Hall–Kier alpha value is -3.22. The number of benzene rings is 1. The SMILES string of the molecule is CC(C)n1cccc(C(=O)N/N=C\c2ccccc2C(=O)O)c1=O. The number of hydrogen-bond donors (Lipinski definition) is 2. The monoisotopic (exact) mass is 327 g/mol. The van der Waals surface area contributed by atoms with Crippen molar-refractivity contribution >= 4 is 18.1 Å². The third-order valence-corrected chi connectivity index (χ3v) is 3.34. The maximum Gasteiger partial charge on any atom is 0.336 e. The van der Waals surface area contributed by atoms with Gasteiger partial charge in [-0.05, 0) is 32.0 Å². The fourth-order valence-electron chi connectivity index (χ4n) is 2.11. The molecule has 0 saturated heterocycles. The number of aromatic nitrogens is 1. The zero-order chi connectivity index (χ0) is 17.7. The standard InChI is InChI=1S/C17H17N3O4/c1-11(2)20-9-5-8-14(16(20)22)15(21)19-18-10-12-6-3-4-7-13(12)17(23)24/h3-11H,1-2H3,(H,19,21)(H,23,24)/b18-10-. The molecule has 1 heterocycles. The summed E-state index contributed by atoms with van der Waals surface area (Å²) in [6.07, 6.45) is 2.83. The molecule has 124 valence electrons. The van der Waals surface area contributed by atoms with Crippen molar-refractivity contribution < 1.29 is 14.7 Å². The second-order valence-electron chi connectivity index (χ2n) is 5.32. The molecule has 7 heteroatoms. The second kappa shape index (κ2) is 7.36. The van der Waals surface area contributed by atoms with Gasteiger partial charge in [-0.1, -0.05) is 18.2 Å². The predicted octanol–water partition coefficient (Wildman–Crippen LogP) is 1.89. The van der Waals surface area contributed by atoms with E-state index < -0.39 is 17.4 Å². The molecule has 1 aromatic heterocycles. The van der Waals surface area contributed by atoms with Crippen molar-refractivity contribution in [2.45, 2.75) is 19.9 Å². The van der Waals surface area contributed by atoms with Gasteiger partial charge in [0.1, 0.15) is 5.56 Å². The summed E-state index contributed by atoms with van der Waals surface area (Å²) < 4.78 is 1.44. The summed E-state index contributed by atoms with van der Waals surface area (Å²) in [6.45, 7) is 3.67. The fourth-order valence-corrected chi connectivity index (χ4v) is 2.11. The van der Waals surface area contributed by atoms with E-state index in [9.17, 15) is 14.4 Å². The lowest BCUT2D eigenvalue weighted by molar-refractivity contribution is 0.0696. The molecule has 2 aromatic rings. The van der Waals surface area contributed by atoms with Crippen molar-refractivity contribution in [1.29, 1.82) is 0 Å². The molecule has 1 aromatic carbocycles. The molecule has 0 aliphatic heterocycles. The summed E-state index contributed by atoms with van der Waals surface area (Å²) in [7, 11) is 0. The summed E-state index contributed by atoms with van der Waals surface area (Å²) in [5.74, 6) is -1.75. The zero-order valence-corrected chi connectivity index (χ0v) is 13.3. The lowest BCUT2D eigenvalue weighted by Gasteiger charge is -2.10. The first kappa shape index (κ1) is 17.1. The van der Waals surface area contributed by atoms with Gasteiger partial charge in [-0.3, -0.25) is 9.59 Å². The molecule has 0 aliphatic carbocycles. The molecule has 0 saturated carbocycles. The van der Waals surface area contributed by atoms with Gasteiger partial charge in [0.25, 0.3) is 11.5 Å². The second-order valence-corrected chi connectivity index (χ2v) is 5.32. The number of nitrogens with one attached hydrogen (secondary N) is 1. The minimum atomic E-state index is -1.09. The van der Waals surface area contributed by atoms with Gasteiger partial charge in [-0.15, -0.1) is 0 Å². The molecule has 0 atom stereocenters. The number of rotatable bonds is 5. The van der Waals surface area contributed by atoms with Gasteiger partial charge in [-0.2, -0.15) is 5.10 Å². The summed E-state index contributed by atoms with van der Waals surface area (Å²) in [6, 6.07) is 9.21. The van der Waals surface area contributed by atoms with Gasteiger partial charge >= 0.3 is 5.97 Å². The van der Waals surface area contributed by atoms with E-state index >= 15 is 0 Å². The van der Waals surface area contributed by atoms with E-state index in [0.29, 0.717) is 5.56 Å². The number of pyridine rings is 1. The van der Waals surface area contributed by atoms with Crippen molar-refractivity contribution in [3.05, 3.63) is 69.6 Å². The molecular weight excluding hydrogens is 310 g/mol. The smallest absolute Gasteiger partial charge is 0.336 e. The Bertz CT molecular complexity index is 853. The van der Waals surface area contributed by atoms with Crippen molar-refractivity contribution in [2.75, 3.05) is 0 Å². The maximum absolute atomic E-state index is 12.2. The lowest BCUT2D eigenvalue weighted by Crippen LogP contribution is -2.31. The van der Waals surface area contributed by atoms with Gasteiger partial charge in [0.15, 0.2) is 0 Å². The Morgan fingerprint density at radius 3 is 2.50 bits per heavy atom. The Balaban J connectivity index is 2.19. The highest BCUT2D eigenvalue weighted by molar-refractivity contribution is 5.99. The quantitative estimate of drug-likeness (QED) is 0.647. The van der Waals surface area contributed by atoms with E-state index in [1.807, 2.05) is 13.8 Å². The predicted molar refractivity (Wildman–Crippen MR) is 89.5 cm³/mol. The molecule has 2 rings (SSSR count). The average Bonchev–Trinajstić information content (AvgIpc) is 2.54. The van der Waals surface area contributed by atoms with E-state index in [-0.39, 0.29) is 17.2 Å². The van der Waals surface area contributed by atoms with E-state index in [4.69, 9.17) is 5.11 Å². The Morgan fingerprint density at radius 1 is 1.17 bits per heavy atom. The minimum absolute atomic E-state index is 0.0325. The number of carboxylic acid groups (broad SMARTS) is 1. The lowest BCUT2D eigenvalue weighted by atomic mass is 10.1. The average molecular weight is 327 g/mol. The normalized spacial score (nSPS) is 11.0. The van der Waals surface area contributed by atoms with Crippen LogP contribution in [0, 0.1) is 0 Å². The third kappa shape index (κ3) is 3.75. The van der Waals surface area contributed by atoms with Gasteiger partial charge in [0.2, 0.25) is 0 Å². The number of amides is 1. The van der Waals surface area contributed by atoms with Crippen LogP contribution in [0.5, 0.6) is 0 Å². The highest BCUT2D eigenvalue weighted by atomic mass is 16.4. The summed E-state index contributed by atoms with van der Waals surface area (Å²) in [4.78, 5) is 35.4. The van der Waals surface area contributed by atoms with Crippen LogP contribution in [0.3, 0.4) is 0 Å². The van der Waals surface area contributed by atoms with Crippen LogP contribution in [0.2, 0.25) is 0 Å². The first-order chi connectivity index (χ1) is 11.4. The van der Waals surface area contributed by atoms with Crippen molar-refractivity contribution in [2.24, 2.45) is 5.10 Å². The van der Waals surface area contributed by atoms with Crippen LogP contribution in [0.1, 0.15) is 46.2 Å². The number of nitrogens with zero attached hydrogens (tertiary/aromatic N) is 2. The molecule has 0 unspecified atom stereocenters. The third-order valence-electron chi connectivity index (χ3n) is 3.34. The fraction of sp³-hybridized carbons (Fsp3) is 0.176. The molecule has 0 radical (unpaired) electrons. The van der Waals surface area contributed by atoms with E-state index in [0.717, 1.165) is 0 Å². The summed E-state index contributed by atoms with van der Waals surface area (Å²) >= 11 is 0. The van der Waals surface area contributed by atoms with Crippen molar-refractivity contribution in [3.8, 4) is 0 Å². The molecule has 1 amide bonds. The Kier molecular flexibility index (Phi) is 5.26. The number of carboxylic acids is 1. The summed E-state index contributed by atoms with van der Waals surface area (Å²) in [5, 5.41) is 12.8. The number of carbonyl (C=O) groups is 2. The van der Waals surface area contributed by atoms with E-state index in [1.165, 1.54) is 22.9 Å². The first-order valence-electron chi connectivity index (χ1n) is 7.28. The van der Waals surface area contributed by atoms with E-state index in [2.05, 4.69) is 10.5 Å². The van der Waals surface area contributed by atoms with Crippen molar-refractivity contribution in [1.82, 2.24) is 9.99 Å². The summed E-state index contributed by atoms with van der Waals surface area (Å²) in [5.41, 5.74) is 2.21. The molecule has 0 bridgehead atoms. The largest absolute Gasteiger partial charge is 0.478 e. The molecule has 2 N–H and O–H groups in total. The molecular formula is C17H17N3O4. The number of hydrazone groups is 1. The Labute approximate surface area is 138 Å². The molecule has 24 heavy (non-hydrogen) atoms. The van der Waals surface area contributed by atoms with Crippen LogP contribution in [0.4, 0.5) is 0 Å². The molecule has 0 fully saturated rings.